The van der Waals surface area contributed by atoms with Crippen LogP contribution in [0.5, 0.6) is 0 Å². The second-order valence-corrected chi connectivity index (χ2v) is 7.73. The summed E-state index contributed by atoms with van der Waals surface area (Å²) in [7, 11) is 0. The number of primary amides is 1. The smallest absolute Gasteiger partial charge is 0.270 e. The minimum absolute atomic E-state index is 0.0189. The summed E-state index contributed by atoms with van der Waals surface area (Å²) in [4.78, 5) is 56.2. The maximum atomic E-state index is 12.6. The Balaban J connectivity index is 1.55. The van der Waals surface area contributed by atoms with Gasteiger partial charge < -0.3 is 21.7 Å². The van der Waals surface area contributed by atoms with E-state index in [4.69, 9.17) is 5.73 Å². The normalized spacial score (nSPS) is 10.3. The number of hydrogen-bond acceptors (Lipinski definition) is 6. The molecule has 0 aliphatic rings. The monoisotopic (exact) mass is 474 g/mol. The second-order valence-electron chi connectivity index (χ2n) is 7.73. The minimum atomic E-state index is -0.706. The number of carbonyl (C=O) groups excluding carboxylic acids is 4. The van der Waals surface area contributed by atoms with Crippen molar-refractivity contribution in [3.8, 4) is 0 Å². The van der Waals surface area contributed by atoms with Gasteiger partial charge in [0.25, 0.3) is 23.6 Å². The number of carbonyl (C=O) groups is 4. The molecule has 0 aliphatic carbocycles. The van der Waals surface area contributed by atoms with Gasteiger partial charge in [-0.3, -0.25) is 19.2 Å². The number of nitrogens with two attached hydrogens (primary N) is 1. The largest absolute Gasteiger partial charge is 0.364 e. The standard InChI is InChI=1S/C25H26N6O4/c1-3-27-24(34)20-11-15(2)12-21(31-20)25(35)29-14-17-9-7-16(8-10-17)13-28-23(33)19-6-4-5-18(30-19)22(26)32/h4-12H,3,13-14H2,1-2H3,(H2,26,32)(H,27,34)(H,28,33)(H,29,35). The molecule has 10 nitrogen and oxygen atoms in total. The van der Waals surface area contributed by atoms with Crippen molar-refractivity contribution >= 4 is 23.6 Å². The predicted molar refractivity (Wildman–Crippen MR) is 129 cm³/mol. The number of aryl methyl sites for hydroxylation is 1. The maximum Gasteiger partial charge on any atom is 0.270 e. The van der Waals surface area contributed by atoms with Crippen LogP contribution in [-0.2, 0) is 13.1 Å². The Morgan fingerprint density at radius 3 is 1.69 bits per heavy atom. The third-order valence-electron chi connectivity index (χ3n) is 4.94. The lowest BCUT2D eigenvalue weighted by Gasteiger charge is -2.09. The van der Waals surface area contributed by atoms with Crippen LogP contribution < -0.4 is 21.7 Å². The van der Waals surface area contributed by atoms with Gasteiger partial charge >= 0.3 is 0 Å². The number of hydrogen-bond donors (Lipinski definition) is 4. The van der Waals surface area contributed by atoms with Crippen LogP contribution in [0.2, 0.25) is 0 Å². The molecule has 0 atom stereocenters. The Morgan fingerprint density at radius 1 is 0.714 bits per heavy atom. The average molecular weight is 475 g/mol. The lowest BCUT2D eigenvalue weighted by atomic mass is 10.1. The highest BCUT2D eigenvalue weighted by molar-refractivity contribution is 5.97. The molecule has 0 saturated heterocycles. The Morgan fingerprint density at radius 2 is 1.17 bits per heavy atom. The zero-order valence-electron chi connectivity index (χ0n) is 19.4. The number of aromatic nitrogens is 2. The van der Waals surface area contributed by atoms with Crippen LogP contribution in [0.3, 0.4) is 0 Å². The zero-order valence-corrected chi connectivity index (χ0v) is 19.4. The van der Waals surface area contributed by atoms with Crippen LogP contribution in [0.25, 0.3) is 0 Å². The molecule has 0 fully saturated rings. The fourth-order valence-corrected chi connectivity index (χ4v) is 3.17. The van der Waals surface area contributed by atoms with Crippen LogP contribution in [0.1, 0.15) is 65.6 Å². The van der Waals surface area contributed by atoms with Gasteiger partial charge in [0.05, 0.1) is 0 Å². The number of benzene rings is 1. The van der Waals surface area contributed by atoms with Gasteiger partial charge in [-0.25, -0.2) is 9.97 Å². The molecule has 0 spiro atoms. The first-order valence-corrected chi connectivity index (χ1v) is 10.9. The molecule has 1 aromatic carbocycles. The number of amides is 4. The third-order valence-corrected chi connectivity index (χ3v) is 4.94. The van der Waals surface area contributed by atoms with Gasteiger partial charge in [0.15, 0.2) is 0 Å². The summed E-state index contributed by atoms with van der Waals surface area (Å²) >= 11 is 0. The van der Waals surface area contributed by atoms with E-state index < -0.39 is 11.8 Å². The van der Waals surface area contributed by atoms with Gasteiger partial charge in [0, 0.05) is 19.6 Å². The molecule has 5 N–H and O–H groups in total. The van der Waals surface area contributed by atoms with Gasteiger partial charge in [-0.05, 0) is 54.8 Å². The van der Waals surface area contributed by atoms with E-state index in [1.54, 1.807) is 19.1 Å². The average Bonchev–Trinajstić information content (AvgIpc) is 2.86. The first kappa shape index (κ1) is 25.0. The molecule has 35 heavy (non-hydrogen) atoms. The summed E-state index contributed by atoms with van der Waals surface area (Å²) < 4.78 is 0. The van der Waals surface area contributed by atoms with Crippen LogP contribution in [0.4, 0.5) is 0 Å². The molecular formula is C25H26N6O4. The summed E-state index contributed by atoms with van der Waals surface area (Å²) in [6.45, 7) is 4.59. The number of nitrogens with zero attached hydrogens (tertiary/aromatic N) is 2. The fraction of sp³-hybridized carbons (Fsp3) is 0.200. The molecule has 2 heterocycles. The first-order chi connectivity index (χ1) is 16.8. The predicted octanol–water partition coefficient (Wildman–Crippen LogP) is 1.49. The zero-order chi connectivity index (χ0) is 25.4. The van der Waals surface area contributed by atoms with Crippen LogP contribution in [0, 0.1) is 6.92 Å². The Labute approximate surface area is 202 Å². The first-order valence-electron chi connectivity index (χ1n) is 10.9. The lowest BCUT2D eigenvalue weighted by molar-refractivity contribution is 0.0931. The van der Waals surface area contributed by atoms with E-state index in [1.807, 2.05) is 31.2 Å². The van der Waals surface area contributed by atoms with E-state index in [1.165, 1.54) is 18.2 Å². The summed E-state index contributed by atoms with van der Waals surface area (Å²) in [5.74, 6) is -1.85. The molecule has 10 heteroatoms. The Bertz CT molecular complexity index is 1260. The van der Waals surface area contributed by atoms with Crippen LogP contribution in [0.15, 0.2) is 54.6 Å². The summed E-state index contributed by atoms with van der Waals surface area (Å²) in [6, 6.07) is 15.0. The van der Waals surface area contributed by atoms with Crippen molar-refractivity contribution in [2.75, 3.05) is 6.54 Å². The van der Waals surface area contributed by atoms with Crippen molar-refractivity contribution < 1.29 is 19.2 Å². The maximum absolute atomic E-state index is 12.6. The molecular weight excluding hydrogens is 448 g/mol. The van der Waals surface area contributed by atoms with E-state index in [0.29, 0.717) is 6.54 Å². The van der Waals surface area contributed by atoms with Gasteiger partial charge in [0.2, 0.25) is 0 Å². The van der Waals surface area contributed by atoms with E-state index >= 15 is 0 Å². The van der Waals surface area contributed by atoms with Crippen molar-refractivity contribution in [2.45, 2.75) is 26.9 Å². The number of pyridine rings is 2. The van der Waals surface area contributed by atoms with E-state index in [0.717, 1.165) is 16.7 Å². The van der Waals surface area contributed by atoms with Gasteiger partial charge in [0.1, 0.15) is 22.8 Å². The quantitative estimate of drug-likeness (QED) is 0.368. The van der Waals surface area contributed by atoms with Gasteiger partial charge in [-0.1, -0.05) is 30.3 Å². The summed E-state index contributed by atoms with van der Waals surface area (Å²) in [5, 5.41) is 8.20. The van der Waals surface area contributed by atoms with Crippen molar-refractivity contribution in [3.63, 3.8) is 0 Å². The van der Waals surface area contributed by atoms with Gasteiger partial charge in [-0.15, -0.1) is 0 Å². The molecule has 3 rings (SSSR count). The SMILES string of the molecule is CCNC(=O)c1cc(C)cc(C(=O)NCc2ccc(CNC(=O)c3cccc(C(N)=O)n3)cc2)n1. The molecule has 180 valence electrons. The van der Waals surface area contributed by atoms with Crippen LogP contribution in [-0.4, -0.2) is 40.1 Å². The number of rotatable bonds is 9. The molecule has 3 aromatic rings. The highest BCUT2D eigenvalue weighted by atomic mass is 16.2. The molecule has 0 unspecified atom stereocenters. The van der Waals surface area contributed by atoms with Crippen molar-refractivity contribution in [2.24, 2.45) is 5.73 Å². The third kappa shape index (κ3) is 6.94. The molecule has 0 bridgehead atoms. The van der Waals surface area contributed by atoms with E-state index in [9.17, 15) is 19.2 Å². The summed E-state index contributed by atoms with van der Waals surface area (Å²) in [6.07, 6.45) is 0. The van der Waals surface area contributed by atoms with Crippen molar-refractivity contribution in [3.05, 3.63) is 94.1 Å². The van der Waals surface area contributed by atoms with Gasteiger partial charge in [-0.2, -0.15) is 0 Å². The topological polar surface area (TPSA) is 156 Å². The second kappa shape index (κ2) is 11.5. The number of nitrogens with one attached hydrogen (secondary N) is 3. The van der Waals surface area contributed by atoms with Crippen molar-refractivity contribution in [1.82, 2.24) is 25.9 Å². The lowest BCUT2D eigenvalue weighted by Crippen LogP contribution is -2.27. The van der Waals surface area contributed by atoms with E-state index in [-0.39, 0.29) is 47.7 Å². The molecule has 0 saturated carbocycles. The molecule has 0 radical (unpaired) electrons. The van der Waals surface area contributed by atoms with Crippen LogP contribution >= 0.6 is 0 Å². The Hall–Kier alpha value is -4.60. The highest BCUT2D eigenvalue weighted by Gasteiger charge is 2.14. The fourth-order valence-electron chi connectivity index (χ4n) is 3.17. The molecule has 4 amide bonds. The molecule has 2 aromatic heterocycles. The minimum Gasteiger partial charge on any atom is -0.364 e. The van der Waals surface area contributed by atoms with Crippen molar-refractivity contribution in [1.29, 1.82) is 0 Å². The summed E-state index contributed by atoms with van der Waals surface area (Å²) in [5.41, 5.74) is 8.12. The molecule has 0 aliphatic heterocycles. The van der Waals surface area contributed by atoms with E-state index in [2.05, 4.69) is 25.9 Å². The highest BCUT2D eigenvalue weighted by Crippen LogP contribution is 2.08. The Kier molecular flexibility index (Phi) is 8.23.